The molecular formula is C9H8BrNO5S. The largest absolute Gasteiger partial charge is 0.292 e. The van der Waals surface area contributed by atoms with E-state index in [1.54, 1.807) is 0 Å². The summed E-state index contributed by atoms with van der Waals surface area (Å²) >= 11 is 2.78. The monoisotopic (exact) mass is 321 g/mol. The van der Waals surface area contributed by atoms with Crippen molar-refractivity contribution in [2.75, 3.05) is 6.26 Å². The maximum atomic E-state index is 11.7. The summed E-state index contributed by atoms with van der Waals surface area (Å²) in [4.78, 5) is 21.5. The maximum absolute atomic E-state index is 11.7. The van der Waals surface area contributed by atoms with E-state index in [0.29, 0.717) is 0 Å². The number of sulfone groups is 1. The third-order valence-corrected chi connectivity index (χ3v) is 5.36. The minimum Gasteiger partial charge on any atom is -0.292 e. The normalized spacial score (nSPS) is 13.1. The number of halogens is 1. The second-order valence-electron chi connectivity index (χ2n) is 3.31. The second kappa shape index (κ2) is 4.92. The Morgan fingerprint density at radius 3 is 2.18 bits per heavy atom. The van der Waals surface area contributed by atoms with E-state index in [1.165, 1.54) is 12.1 Å². The van der Waals surface area contributed by atoms with Gasteiger partial charge in [0.15, 0.2) is 19.8 Å². The first kappa shape index (κ1) is 13.8. The minimum absolute atomic E-state index is 0.0999. The summed E-state index contributed by atoms with van der Waals surface area (Å²) < 4.78 is 21.0. The van der Waals surface area contributed by atoms with Gasteiger partial charge in [-0.25, -0.2) is 8.42 Å². The summed E-state index contributed by atoms with van der Waals surface area (Å²) in [6.07, 6.45) is 0.926. The fraction of sp³-hybridized carbons (Fsp3) is 0.222. The van der Waals surface area contributed by atoms with Crippen LogP contribution in [0.1, 0.15) is 10.4 Å². The van der Waals surface area contributed by atoms with Crippen LogP contribution in [0, 0.1) is 10.1 Å². The Kier molecular flexibility index (Phi) is 3.99. The van der Waals surface area contributed by atoms with Crippen LogP contribution in [0.15, 0.2) is 24.3 Å². The number of carbonyl (C=O) groups excluding carboxylic acids is 1. The van der Waals surface area contributed by atoms with Gasteiger partial charge in [0.2, 0.25) is 0 Å². The molecule has 1 rings (SSSR count). The number of rotatable bonds is 4. The van der Waals surface area contributed by atoms with E-state index in [4.69, 9.17) is 0 Å². The standard InChI is InChI=1S/C9H8BrNO5S/c1-17(15,16)9(10)8(12)6-2-4-7(5-3-6)11(13)14/h2-5,9H,1H3. The number of carbonyl (C=O) groups is 1. The number of hydrogen-bond acceptors (Lipinski definition) is 5. The number of ketones is 1. The van der Waals surface area contributed by atoms with E-state index in [9.17, 15) is 23.3 Å². The molecule has 92 valence electrons. The second-order valence-corrected chi connectivity index (χ2v) is 6.97. The van der Waals surface area contributed by atoms with Gasteiger partial charge < -0.3 is 0 Å². The molecule has 0 aliphatic carbocycles. The number of nitro benzene ring substituents is 1. The summed E-state index contributed by atoms with van der Waals surface area (Å²) in [5.74, 6) is -0.651. The molecule has 0 radical (unpaired) electrons. The molecule has 0 fully saturated rings. The number of benzene rings is 1. The molecule has 0 bridgehead atoms. The van der Waals surface area contributed by atoms with Crippen molar-refractivity contribution in [1.29, 1.82) is 0 Å². The molecule has 6 nitrogen and oxygen atoms in total. The molecule has 1 atom stereocenters. The van der Waals surface area contributed by atoms with Crippen LogP contribution in [-0.2, 0) is 9.84 Å². The van der Waals surface area contributed by atoms with Crippen molar-refractivity contribution in [2.45, 2.75) is 4.16 Å². The maximum Gasteiger partial charge on any atom is 0.269 e. The third kappa shape index (κ3) is 3.34. The number of Topliss-reactive ketones (excluding diaryl/α,β-unsaturated/α-hetero) is 1. The first-order chi connectivity index (χ1) is 7.73. The summed E-state index contributed by atoms with van der Waals surface area (Å²) in [5.41, 5.74) is -0.0603. The highest BCUT2D eigenvalue weighted by molar-refractivity contribution is 9.11. The molecule has 1 aromatic rings. The van der Waals surface area contributed by atoms with Gasteiger partial charge in [-0.05, 0) is 12.1 Å². The summed E-state index contributed by atoms with van der Waals surface area (Å²) in [6.45, 7) is 0. The molecule has 1 aromatic carbocycles. The summed E-state index contributed by atoms with van der Waals surface area (Å²) in [6, 6.07) is 4.74. The Morgan fingerprint density at radius 2 is 1.82 bits per heavy atom. The molecule has 0 aliphatic heterocycles. The van der Waals surface area contributed by atoms with E-state index in [0.717, 1.165) is 18.4 Å². The van der Waals surface area contributed by atoms with Crippen LogP contribution in [0.25, 0.3) is 0 Å². The fourth-order valence-corrected chi connectivity index (χ4v) is 1.86. The Labute approximate surface area is 106 Å². The zero-order valence-corrected chi connectivity index (χ0v) is 11.1. The smallest absolute Gasteiger partial charge is 0.269 e. The number of nitro groups is 1. The summed E-state index contributed by atoms with van der Waals surface area (Å²) in [7, 11) is -3.54. The number of non-ortho nitro benzene ring substituents is 1. The van der Waals surface area contributed by atoms with Crippen LogP contribution in [0.3, 0.4) is 0 Å². The van der Waals surface area contributed by atoms with Gasteiger partial charge in [-0.3, -0.25) is 14.9 Å². The van der Waals surface area contributed by atoms with Crippen LogP contribution in [0.4, 0.5) is 5.69 Å². The average molecular weight is 322 g/mol. The van der Waals surface area contributed by atoms with E-state index in [2.05, 4.69) is 15.9 Å². The van der Waals surface area contributed by atoms with Gasteiger partial charge in [0.25, 0.3) is 5.69 Å². The van der Waals surface area contributed by atoms with E-state index in [1.807, 2.05) is 0 Å². The van der Waals surface area contributed by atoms with E-state index in [-0.39, 0.29) is 11.3 Å². The first-order valence-electron chi connectivity index (χ1n) is 4.35. The highest BCUT2D eigenvalue weighted by Gasteiger charge is 2.26. The molecule has 0 saturated carbocycles. The van der Waals surface area contributed by atoms with Gasteiger partial charge in [0.05, 0.1) is 4.92 Å². The molecule has 0 spiro atoms. The van der Waals surface area contributed by atoms with Gasteiger partial charge >= 0.3 is 0 Å². The van der Waals surface area contributed by atoms with Crippen LogP contribution >= 0.6 is 15.9 Å². The lowest BCUT2D eigenvalue weighted by atomic mass is 10.1. The predicted octanol–water partition coefficient (Wildman–Crippen LogP) is 1.54. The first-order valence-corrected chi connectivity index (χ1v) is 7.22. The Hall–Kier alpha value is -1.28. The third-order valence-electron chi connectivity index (χ3n) is 1.94. The molecule has 0 heterocycles. The van der Waals surface area contributed by atoms with Gasteiger partial charge in [0.1, 0.15) is 0 Å². The zero-order chi connectivity index (χ0) is 13.2. The lowest BCUT2D eigenvalue weighted by molar-refractivity contribution is -0.384. The topological polar surface area (TPSA) is 94.3 Å². The highest BCUT2D eigenvalue weighted by Crippen LogP contribution is 2.18. The molecule has 8 heteroatoms. The molecule has 0 saturated heterocycles. The van der Waals surface area contributed by atoms with Gasteiger partial charge in [-0.1, -0.05) is 15.9 Å². The lowest BCUT2D eigenvalue weighted by Gasteiger charge is -2.06. The van der Waals surface area contributed by atoms with Crippen molar-refractivity contribution in [3.63, 3.8) is 0 Å². The van der Waals surface area contributed by atoms with Crippen LogP contribution < -0.4 is 0 Å². The fourth-order valence-electron chi connectivity index (χ4n) is 1.07. The van der Waals surface area contributed by atoms with Gasteiger partial charge in [0, 0.05) is 24.0 Å². The SMILES string of the molecule is CS(=O)(=O)C(Br)C(=O)c1ccc([N+](=O)[O-])cc1. The molecule has 0 amide bonds. The van der Waals surface area contributed by atoms with Crippen molar-refractivity contribution < 1.29 is 18.1 Å². The molecule has 17 heavy (non-hydrogen) atoms. The molecule has 1 unspecified atom stereocenters. The predicted molar refractivity (Wildman–Crippen MR) is 65.0 cm³/mol. The molecule has 0 aliphatic rings. The Morgan fingerprint density at radius 1 is 1.35 bits per heavy atom. The van der Waals surface area contributed by atoms with E-state index < -0.39 is 24.7 Å². The summed E-state index contributed by atoms with van der Waals surface area (Å²) in [5, 5.41) is 10.4. The van der Waals surface area contributed by atoms with Gasteiger partial charge in [-0.15, -0.1) is 0 Å². The highest BCUT2D eigenvalue weighted by atomic mass is 79.9. The van der Waals surface area contributed by atoms with Crippen molar-refractivity contribution in [3.8, 4) is 0 Å². The van der Waals surface area contributed by atoms with Crippen molar-refractivity contribution >= 4 is 37.2 Å². The van der Waals surface area contributed by atoms with Crippen LogP contribution in [0.2, 0.25) is 0 Å². The quantitative estimate of drug-likeness (QED) is 0.363. The molecular weight excluding hydrogens is 314 g/mol. The molecule has 0 N–H and O–H groups in total. The van der Waals surface area contributed by atoms with Crippen molar-refractivity contribution in [2.24, 2.45) is 0 Å². The molecule has 0 aromatic heterocycles. The lowest BCUT2D eigenvalue weighted by Crippen LogP contribution is -2.23. The number of nitrogens with zero attached hydrogens (tertiary/aromatic N) is 1. The zero-order valence-electron chi connectivity index (χ0n) is 8.66. The van der Waals surface area contributed by atoms with E-state index >= 15 is 0 Å². The van der Waals surface area contributed by atoms with Gasteiger partial charge in [-0.2, -0.15) is 0 Å². The number of alkyl halides is 1. The van der Waals surface area contributed by atoms with Crippen molar-refractivity contribution in [1.82, 2.24) is 0 Å². The average Bonchev–Trinajstić information content (AvgIpc) is 2.26. The Balaban J connectivity index is 3.03. The minimum atomic E-state index is -3.54. The Bertz CT molecular complexity index is 551. The van der Waals surface area contributed by atoms with Crippen molar-refractivity contribution in [3.05, 3.63) is 39.9 Å². The van der Waals surface area contributed by atoms with Crippen LogP contribution in [0.5, 0.6) is 0 Å². The van der Waals surface area contributed by atoms with Crippen LogP contribution in [-0.4, -0.2) is 29.5 Å². The number of hydrogen-bond donors (Lipinski definition) is 0.